The van der Waals surface area contributed by atoms with Crippen LogP contribution in [0, 0.1) is 0 Å². The lowest BCUT2D eigenvalue weighted by Gasteiger charge is -2.11. The molecule has 1 unspecified atom stereocenters. The topological polar surface area (TPSA) is 84.9 Å². The first-order valence-electron chi connectivity index (χ1n) is 8.93. The van der Waals surface area contributed by atoms with Gasteiger partial charge in [-0.1, -0.05) is 37.6 Å². The summed E-state index contributed by atoms with van der Waals surface area (Å²) < 4.78 is 25.7. The average molecular weight is 399 g/mol. The highest BCUT2D eigenvalue weighted by atomic mass is 32.2. The van der Waals surface area contributed by atoms with Crippen LogP contribution in [0.25, 0.3) is 10.8 Å². The Bertz CT molecular complexity index is 988. The molecule has 0 radical (unpaired) electrons. The molecule has 0 saturated heterocycles. The lowest BCUT2D eigenvalue weighted by Crippen LogP contribution is -2.08. The van der Waals surface area contributed by atoms with Gasteiger partial charge in [-0.15, -0.1) is 0 Å². The largest absolute Gasteiger partial charge is 0.478 e. The van der Waals surface area contributed by atoms with Gasteiger partial charge >= 0.3 is 5.97 Å². The molecule has 146 valence electrons. The predicted molar refractivity (Wildman–Crippen MR) is 110 cm³/mol. The summed E-state index contributed by atoms with van der Waals surface area (Å²) in [5.74, 6) is 0.163. The second kappa shape index (κ2) is 9.34. The third-order valence-electron chi connectivity index (χ3n) is 4.08. The molecule has 0 aliphatic rings. The first kappa shape index (κ1) is 19.9. The van der Waals surface area contributed by atoms with Gasteiger partial charge in [-0.05, 0) is 48.2 Å². The molecule has 3 aromatic rings. The molecule has 3 aromatic carbocycles. The monoisotopic (exact) mass is 399 g/mol. The Labute approximate surface area is 165 Å². The van der Waals surface area contributed by atoms with E-state index in [0.717, 1.165) is 18.2 Å². The highest BCUT2D eigenvalue weighted by Crippen LogP contribution is 2.32. The Morgan fingerprint density at radius 2 is 1.75 bits per heavy atom. The van der Waals surface area contributed by atoms with E-state index in [1.807, 2.05) is 13.0 Å². The molecule has 0 amide bonds. The van der Waals surface area contributed by atoms with Crippen molar-refractivity contribution in [1.29, 1.82) is 0 Å². The van der Waals surface area contributed by atoms with E-state index in [2.05, 4.69) is 4.72 Å². The lowest BCUT2D eigenvalue weighted by molar-refractivity contribution is 0.0699. The molecule has 2 N–H and O–H groups in total. The van der Waals surface area contributed by atoms with Crippen LogP contribution in [0.2, 0.25) is 0 Å². The molecule has 0 bridgehead atoms. The van der Waals surface area contributed by atoms with E-state index >= 15 is 0 Å². The first-order valence-corrected chi connectivity index (χ1v) is 10.0. The number of anilines is 1. The highest BCUT2D eigenvalue weighted by Gasteiger charge is 2.11. The van der Waals surface area contributed by atoms with Gasteiger partial charge in [0.25, 0.3) is 11.3 Å². The number of rotatable bonds is 9. The number of carboxylic acid groups (broad SMARTS) is 1. The average Bonchev–Trinajstić information content (AvgIpc) is 2.69. The van der Waals surface area contributed by atoms with Crippen molar-refractivity contribution in [2.75, 3.05) is 11.3 Å². The smallest absolute Gasteiger partial charge is 0.336 e. The van der Waals surface area contributed by atoms with Crippen LogP contribution in [0.5, 0.6) is 11.5 Å². The van der Waals surface area contributed by atoms with Gasteiger partial charge in [0, 0.05) is 11.1 Å². The fourth-order valence-electron chi connectivity index (χ4n) is 2.68. The van der Waals surface area contributed by atoms with Gasteiger partial charge in [0.1, 0.15) is 11.5 Å². The number of unbranched alkanes of at least 4 members (excludes halogenated alkanes) is 1. The normalized spacial score (nSPS) is 11.9. The van der Waals surface area contributed by atoms with Crippen LogP contribution in [0.3, 0.4) is 0 Å². The Kier molecular flexibility index (Phi) is 6.62. The maximum Gasteiger partial charge on any atom is 0.336 e. The summed E-state index contributed by atoms with van der Waals surface area (Å²) in [4.78, 5) is 11.4. The second-order valence-corrected chi connectivity index (χ2v) is 7.01. The molecule has 6 nitrogen and oxygen atoms in total. The van der Waals surface area contributed by atoms with Crippen molar-refractivity contribution in [3.8, 4) is 11.5 Å². The fraction of sp³-hybridized carbons (Fsp3) is 0.190. The van der Waals surface area contributed by atoms with E-state index in [-0.39, 0.29) is 5.56 Å². The Morgan fingerprint density at radius 1 is 1.04 bits per heavy atom. The standard InChI is InChI=1S/C21H21NO5S/c1-2-3-14-26-28(25)22-15-10-12-16(13-11-15)27-20-9-5-6-17-18(20)7-4-8-19(17)21(23)24/h4-13,22H,2-3,14H2,1H3,(H,23,24). The summed E-state index contributed by atoms with van der Waals surface area (Å²) in [6.07, 6.45) is 1.83. The van der Waals surface area contributed by atoms with E-state index in [1.54, 1.807) is 54.6 Å². The fourth-order valence-corrected chi connectivity index (χ4v) is 3.34. The first-order chi connectivity index (χ1) is 13.6. The summed E-state index contributed by atoms with van der Waals surface area (Å²) >= 11 is -1.59. The summed E-state index contributed by atoms with van der Waals surface area (Å²) in [6, 6.07) is 17.4. The van der Waals surface area contributed by atoms with Gasteiger partial charge in [0.2, 0.25) is 0 Å². The Balaban J connectivity index is 1.73. The van der Waals surface area contributed by atoms with Gasteiger partial charge < -0.3 is 9.84 Å². The lowest BCUT2D eigenvalue weighted by atomic mass is 10.0. The van der Waals surface area contributed by atoms with E-state index in [4.69, 9.17) is 8.92 Å². The maximum absolute atomic E-state index is 11.8. The summed E-state index contributed by atoms with van der Waals surface area (Å²) in [5.41, 5.74) is 0.876. The van der Waals surface area contributed by atoms with E-state index in [1.165, 1.54) is 0 Å². The molecule has 0 fully saturated rings. The molecular formula is C21H21NO5S. The predicted octanol–water partition coefficient (Wildman–Crippen LogP) is 5.14. The molecule has 7 heteroatoms. The minimum atomic E-state index is -1.59. The number of hydrogen-bond donors (Lipinski definition) is 2. The van der Waals surface area contributed by atoms with Gasteiger partial charge in [-0.2, -0.15) is 0 Å². The van der Waals surface area contributed by atoms with E-state index in [9.17, 15) is 14.1 Å². The number of carboxylic acids is 1. The zero-order chi connectivity index (χ0) is 19.9. The van der Waals surface area contributed by atoms with Crippen molar-refractivity contribution in [1.82, 2.24) is 0 Å². The Morgan fingerprint density at radius 3 is 2.46 bits per heavy atom. The van der Waals surface area contributed by atoms with Crippen LogP contribution in [0.15, 0.2) is 60.7 Å². The number of aromatic carboxylic acids is 1. The summed E-state index contributed by atoms with van der Waals surface area (Å²) in [6.45, 7) is 2.48. The molecule has 1 atom stereocenters. The van der Waals surface area contributed by atoms with Crippen molar-refractivity contribution in [2.45, 2.75) is 19.8 Å². The summed E-state index contributed by atoms with van der Waals surface area (Å²) in [7, 11) is 0. The van der Waals surface area contributed by atoms with E-state index in [0.29, 0.717) is 29.2 Å². The number of ether oxygens (including phenoxy) is 1. The number of fused-ring (bicyclic) bond motifs is 1. The minimum Gasteiger partial charge on any atom is -0.478 e. The molecule has 0 spiro atoms. The molecule has 0 aliphatic carbocycles. The van der Waals surface area contributed by atoms with Crippen LogP contribution < -0.4 is 9.46 Å². The van der Waals surface area contributed by atoms with Crippen molar-refractivity contribution < 1.29 is 23.0 Å². The number of carbonyl (C=O) groups is 1. The zero-order valence-corrected chi connectivity index (χ0v) is 16.2. The number of hydrogen-bond acceptors (Lipinski definition) is 4. The molecule has 3 rings (SSSR count). The summed E-state index contributed by atoms with van der Waals surface area (Å²) in [5, 5.41) is 10.7. The van der Waals surface area contributed by atoms with Crippen molar-refractivity contribution in [2.24, 2.45) is 0 Å². The number of benzene rings is 3. The maximum atomic E-state index is 11.8. The van der Waals surface area contributed by atoms with Crippen molar-refractivity contribution >= 4 is 33.7 Å². The molecule has 0 heterocycles. The van der Waals surface area contributed by atoms with Crippen LogP contribution >= 0.6 is 0 Å². The SMILES string of the molecule is CCCCOS(=O)Nc1ccc(Oc2cccc3c(C(=O)O)cccc23)cc1. The quantitative estimate of drug-likeness (QED) is 0.487. The molecule has 0 saturated carbocycles. The van der Waals surface area contributed by atoms with Crippen molar-refractivity contribution in [3.63, 3.8) is 0 Å². The van der Waals surface area contributed by atoms with Crippen LogP contribution in [-0.2, 0) is 15.4 Å². The van der Waals surface area contributed by atoms with Crippen molar-refractivity contribution in [3.05, 3.63) is 66.2 Å². The third-order valence-corrected chi connectivity index (χ3v) is 4.87. The third kappa shape index (κ3) is 4.88. The molecule has 0 aromatic heterocycles. The molecule has 28 heavy (non-hydrogen) atoms. The second-order valence-electron chi connectivity index (χ2n) is 6.10. The van der Waals surface area contributed by atoms with Gasteiger partial charge in [0.05, 0.1) is 12.2 Å². The van der Waals surface area contributed by atoms with Crippen LogP contribution in [0.4, 0.5) is 5.69 Å². The Hall–Kier alpha value is -2.90. The van der Waals surface area contributed by atoms with Crippen LogP contribution in [-0.4, -0.2) is 21.9 Å². The molecular weight excluding hydrogens is 378 g/mol. The molecule has 0 aliphatic heterocycles. The van der Waals surface area contributed by atoms with Gasteiger partial charge in [0.15, 0.2) is 0 Å². The minimum absolute atomic E-state index is 0.230. The van der Waals surface area contributed by atoms with Gasteiger partial charge in [-0.3, -0.25) is 8.91 Å². The van der Waals surface area contributed by atoms with Gasteiger partial charge in [-0.25, -0.2) is 9.00 Å². The highest BCUT2D eigenvalue weighted by molar-refractivity contribution is 7.81. The zero-order valence-electron chi connectivity index (χ0n) is 15.4. The number of nitrogens with one attached hydrogen (secondary N) is 1. The van der Waals surface area contributed by atoms with Crippen LogP contribution in [0.1, 0.15) is 30.1 Å². The van der Waals surface area contributed by atoms with E-state index < -0.39 is 17.2 Å².